The van der Waals surface area contributed by atoms with Gasteiger partial charge in [0, 0.05) is 4.47 Å². The Balaban J connectivity index is 0.000000145. The van der Waals surface area contributed by atoms with Crippen molar-refractivity contribution < 1.29 is 9.31 Å². The maximum absolute atomic E-state index is 6.37. The first kappa shape index (κ1) is 48.0. The lowest BCUT2D eigenvalue weighted by molar-refractivity contribution is 0.00578. The van der Waals surface area contributed by atoms with Crippen molar-refractivity contribution in [1.29, 1.82) is 0 Å². The largest absolute Gasteiger partial charge is 0.494 e. The number of fused-ring (bicyclic) bond motifs is 6. The summed E-state index contributed by atoms with van der Waals surface area (Å²) in [4.78, 5) is 0. The summed E-state index contributed by atoms with van der Waals surface area (Å²) in [6.07, 6.45) is 0. The van der Waals surface area contributed by atoms with Gasteiger partial charge in [0.2, 0.25) is 0 Å². The van der Waals surface area contributed by atoms with E-state index in [1.165, 1.54) is 133 Å². The van der Waals surface area contributed by atoms with Crippen LogP contribution in [0.15, 0.2) is 259 Å². The summed E-state index contributed by atoms with van der Waals surface area (Å²) < 4.78 is 13.8. The van der Waals surface area contributed by atoms with E-state index in [9.17, 15) is 0 Å². The molecule has 1 fully saturated rings. The summed E-state index contributed by atoms with van der Waals surface area (Å²) in [5.74, 6) is 0. The highest BCUT2D eigenvalue weighted by atomic mass is 79.9. The van der Waals surface area contributed by atoms with Crippen LogP contribution in [-0.4, -0.2) is 18.3 Å². The van der Waals surface area contributed by atoms with Crippen LogP contribution in [0.2, 0.25) is 0 Å². The number of benzene rings is 12. The van der Waals surface area contributed by atoms with Gasteiger partial charge >= 0.3 is 7.12 Å². The third-order valence-corrected chi connectivity index (χ3v) is 17.3. The topological polar surface area (TPSA) is 18.5 Å². The molecule has 0 spiro atoms. The van der Waals surface area contributed by atoms with Crippen LogP contribution in [0.4, 0.5) is 0 Å². The Labute approximate surface area is 465 Å². The van der Waals surface area contributed by atoms with Crippen molar-refractivity contribution >= 4 is 50.1 Å². The van der Waals surface area contributed by atoms with E-state index >= 15 is 0 Å². The van der Waals surface area contributed by atoms with E-state index in [4.69, 9.17) is 9.31 Å². The fraction of sp³-hybridized carbons (Fsp3) is 0.0811. The molecule has 12 aromatic rings. The zero-order valence-electron chi connectivity index (χ0n) is 44.0. The first-order valence-electron chi connectivity index (χ1n) is 27.0. The normalized spacial score (nSPS) is 14.0. The molecule has 0 atom stereocenters. The quantitative estimate of drug-likeness (QED) is 0.148. The van der Waals surface area contributed by atoms with Crippen molar-refractivity contribution in [1.82, 2.24) is 0 Å². The van der Waals surface area contributed by atoms with E-state index in [0.717, 1.165) is 9.94 Å². The summed E-state index contributed by atoms with van der Waals surface area (Å²) >= 11 is 3.62. The molecule has 0 radical (unpaired) electrons. The van der Waals surface area contributed by atoms with Gasteiger partial charge in [0.05, 0.1) is 11.2 Å². The Morgan fingerprint density at radius 3 is 0.962 bits per heavy atom. The molecule has 15 rings (SSSR count). The van der Waals surface area contributed by atoms with Crippen LogP contribution in [-0.2, 0) is 9.31 Å². The molecule has 0 N–H and O–H groups in total. The van der Waals surface area contributed by atoms with Crippen LogP contribution in [0.5, 0.6) is 0 Å². The molecule has 0 saturated carbocycles. The van der Waals surface area contributed by atoms with Gasteiger partial charge in [-0.25, -0.2) is 0 Å². The van der Waals surface area contributed by atoms with E-state index in [1.54, 1.807) is 0 Å². The summed E-state index contributed by atoms with van der Waals surface area (Å²) in [6.45, 7) is 8.40. The Hall–Kier alpha value is -8.38. The van der Waals surface area contributed by atoms with Gasteiger partial charge in [0.1, 0.15) is 0 Å². The van der Waals surface area contributed by atoms with Crippen LogP contribution >= 0.6 is 15.9 Å². The van der Waals surface area contributed by atoms with Crippen molar-refractivity contribution in [2.45, 2.75) is 38.9 Å². The minimum Gasteiger partial charge on any atom is -0.399 e. The Morgan fingerprint density at radius 1 is 0.282 bits per heavy atom. The van der Waals surface area contributed by atoms with Crippen molar-refractivity contribution in [2.24, 2.45) is 0 Å². The molecule has 1 aliphatic heterocycles. The van der Waals surface area contributed by atoms with Crippen LogP contribution in [0.25, 0.3) is 133 Å². The average Bonchev–Trinajstić information content (AvgIpc) is 4.23. The molecular weight excluding hydrogens is 1010 g/mol. The third-order valence-electron chi connectivity index (χ3n) is 16.7. The minimum absolute atomic E-state index is 0.378. The van der Waals surface area contributed by atoms with E-state index in [-0.39, 0.29) is 18.3 Å². The molecule has 2 aliphatic carbocycles. The zero-order chi connectivity index (χ0) is 52.7. The number of halogens is 1. The Morgan fingerprint density at radius 2 is 0.590 bits per heavy atom. The molecule has 0 bridgehead atoms. The van der Waals surface area contributed by atoms with Crippen molar-refractivity contribution in [2.75, 3.05) is 0 Å². The molecule has 1 heterocycles. The lowest BCUT2D eigenvalue weighted by Gasteiger charge is -2.32. The minimum atomic E-state index is -0.389. The van der Waals surface area contributed by atoms with Crippen LogP contribution in [0.1, 0.15) is 27.7 Å². The van der Waals surface area contributed by atoms with Gasteiger partial charge in [-0.05, 0) is 190 Å². The fourth-order valence-corrected chi connectivity index (χ4v) is 12.6. The second kappa shape index (κ2) is 19.0. The van der Waals surface area contributed by atoms with Gasteiger partial charge in [-0.15, -0.1) is 0 Å². The van der Waals surface area contributed by atoms with Crippen LogP contribution in [0, 0.1) is 0 Å². The molecule has 78 heavy (non-hydrogen) atoms. The van der Waals surface area contributed by atoms with E-state index < -0.39 is 0 Å². The highest BCUT2D eigenvalue weighted by Crippen LogP contribution is 2.59. The number of rotatable bonds is 7. The summed E-state index contributed by atoms with van der Waals surface area (Å²) in [5.41, 5.74) is 25.7. The molecule has 2 nitrogen and oxygen atoms in total. The maximum Gasteiger partial charge on any atom is 0.494 e. The average molecular weight is 1070 g/mol. The summed E-state index contributed by atoms with van der Waals surface area (Å²) in [7, 11) is -0.389. The summed E-state index contributed by atoms with van der Waals surface area (Å²) in [6, 6.07) is 92.5. The van der Waals surface area contributed by atoms with Gasteiger partial charge in [-0.1, -0.05) is 246 Å². The molecule has 4 heteroatoms. The first-order chi connectivity index (χ1) is 38.1. The lowest BCUT2D eigenvalue weighted by Crippen LogP contribution is -2.41. The van der Waals surface area contributed by atoms with Gasteiger partial charge < -0.3 is 9.31 Å². The van der Waals surface area contributed by atoms with Gasteiger partial charge in [0.25, 0.3) is 0 Å². The molecule has 0 unspecified atom stereocenters. The van der Waals surface area contributed by atoms with E-state index in [1.807, 2.05) is 0 Å². The van der Waals surface area contributed by atoms with Crippen molar-refractivity contribution in [3.8, 4) is 111 Å². The molecule has 0 aromatic heterocycles. The summed E-state index contributed by atoms with van der Waals surface area (Å²) in [5, 5.41) is 5.26. The molecule has 12 aromatic carbocycles. The predicted molar refractivity (Wildman–Crippen MR) is 333 cm³/mol. The zero-order valence-corrected chi connectivity index (χ0v) is 45.6. The molecule has 3 aliphatic rings. The third kappa shape index (κ3) is 7.92. The molecule has 372 valence electrons. The van der Waals surface area contributed by atoms with Gasteiger partial charge in [-0.2, -0.15) is 0 Å². The van der Waals surface area contributed by atoms with Crippen LogP contribution < -0.4 is 5.46 Å². The monoisotopic (exact) mass is 1060 g/mol. The van der Waals surface area contributed by atoms with E-state index in [2.05, 4.69) is 298 Å². The Bertz CT molecular complexity index is 4260. The SMILES string of the molecule is Brc1ccc(-c2cc(-c3ccccc3)c3c(c2-c2ccccc2)-c2cccc4cccc-3c24)cc1.CC1(C)OB(c2ccc(-c3cc(-c4ccccc4)c4c(c3-c3ccccc3)-c3cccc5cccc-4c35)cc2)OC1(C)C. The lowest BCUT2D eigenvalue weighted by atomic mass is 9.77. The van der Waals surface area contributed by atoms with Crippen molar-refractivity contribution in [3.05, 3.63) is 259 Å². The van der Waals surface area contributed by atoms with Gasteiger partial charge in [-0.3, -0.25) is 0 Å². The molecule has 0 amide bonds. The maximum atomic E-state index is 6.37. The number of hydrogen-bond donors (Lipinski definition) is 0. The number of hydrogen-bond acceptors (Lipinski definition) is 2. The van der Waals surface area contributed by atoms with Crippen LogP contribution in [0.3, 0.4) is 0 Å². The standard InChI is InChI=1S/C40H33BO2.C34H21Br/c1-39(2)40(3,4)43-41(42-39)30-23-21-27(22-24-30)33-25-34(26-13-7-5-8-14-26)37-31-19-11-17-28-18-12-20-32(35(28)31)38(37)36(33)29-15-9-6-10-16-29;35-26-19-17-23(18-20-26)29-21-30(22-9-3-1-4-10-22)33-27-15-7-13-24-14-8-16-28(31(24)27)34(33)32(29)25-11-5-2-6-12-25/h5-25H,1-4H3;1-21H. The smallest absolute Gasteiger partial charge is 0.399 e. The van der Waals surface area contributed by atoms with E-state index in [0.29, 0.717) is 0 Å². The van der Waals surface area contributed by atoms with Gasteiger partial charge in [0.15, 0.2) is 0 Å². The molecular formula is C74H54BBrO2. The highest BCUT2D eigenvalue weighted by Gasteiger charge is 2.51. The predicted octanol–water partition coefficient (Wildman–Crippen LogP) is 20.0. The second-order valence-corrected chi connectivity index (χ2v) is 22.7. The second-order valence-electron chi connectivity index (χ2n) is 21.8. The highest BCUT2D eigenvalue weighted by molar-refractivity contribution is 9.10. The molecule has 1 saturated heterocycles. The van der Waals surface area contributed by atoms with Crippen molar-refractivity contribution in [3.63, 3.8) is 0 Å². The Kier molecular flexibility index (Phi) is 11.7. The first-order valence-corrected chi connectivity index (χ1v) is 27.8. The fourth-order valence-electron chi connectivity index (χ4n) is 12.4.